The summed E-state index contributed by atoms with van der Waals surface area (Å²) in [6, 6.07) is 6.42. The minimum Gasteiger partial charge on any atom is -0.310 e. The van der Waals surface area contributed by atoms with E-state index in [1.165, 1.54) is 12.1 Å². The Balaban J connectivity index is 1.83. The van der Waals surface area contributed by atoms with Gasteiger partial charge in [0.2, 0.25) is 5.91 Å². The first kappa shape index (κ1) is 14.4. The molecule has 0 aliphatic carbocycles. The van der Waals surface area contributed by atoms with Gasteiger partial charge in [0.05, 0.1) is 16.4 Å². The molecule has 1 aliphatic rings. The molecule has 1 atom stereocenters. The van der Waals surface area contributed by atoms with Crippen molar-refractivity contribution < 1.29 is 9.18 Å². The minimum absolute atomic E-state index is 0.0291. The maximum absolute atomic E-state index is 13.4. The molecule has 2 aromatic heterocycles. The van der Waals surface area contributed by atoms with Crippen LogP contribution in [0.3, 0.4) is 0 Å². The molecule has 4 rings (SSSR count). The molecule has 4 nitrogen and oxygen atoms in total. The monoisotopic (exact) mass is 347 g/mol. The standard InChI is InChI=1S/C16H11ClFN3OS/c17-12-5-10(1-2-13(12)18)21-8-19-15-11(9-3-4-23-7-9)6-14(22)20-16(15)21/h1-5,7-8,11H,6H2,(H,20,22)/t11-/m1/s1. The number of benzene rings is 1. The van der Waals surface area contributed by atoms with Crippen molar-refractivity contribution in [3.8, 4) is 5.69 Å². The average Bonchev–Trinajstić information content (AvgIpc) is 3.18. The predicted octanol–water partition coefficient (Wildman–Crippen LogP) is 4.20. The van der Waals surface area contributed by atoms with Gasteiger partial charge in [-0.05, 0) is 40.6 Å². The topological polar surface area (TPSA) is 46.9 Å². The summed E-state index contributed by atoms with van der Waals surface area (Å²) in [6.45, 7) is 0. The molecule has 0 fully saturated rings. The zero-order chi connectivity index (χ0) is 16.0. The van der Waals surface area contributed by atoms with Gasteiger partial charge in [0.1, 0.15) is 18.0 Å². The Morgan fingerprint density at radius 2 is 2.26 bits per heavy atom. The zero-order valence-corrected chi connectivity index (χ0v) is 13.4. The summed E-state index contributed by atoms with van der Waals surface area (Å²) in [5.41, 5.74) is 2.54. The van der Waals surface area contributed by atoms with E-state index in [9.17, 15) is 9.18 Å². The molecule has 3 aromatic rings. The highest BCUT2D eigenvalue weighted by Crippen LogP contribution is 2.38. The maximum atomic E-state index is 13.4. The van der Waals surface area contributed by atoms with Gasteiger partial charge in [-0.15, -0.1) is 0 Å². The van der Waals surface area contributed by atoms with Gasteiger partial charge in [-0.3, -0.25) is 9.36 Å². The maximum Gasteiger partial charge on any atom is 0.226 e. The number of carbonyl (C=O) groups excluding carboxylic acids is 1. The second-order valence-corrected chi connectivity index (χ2v) is 6.50. The van der Waals surface area contributed by atoms with Gasteiger partial charge in [-0.1, -0.05) is 11.6 Å². The number of amides is 1. The molecule has 1 N–H and O–H groups in total. The van der Waals surface area contributed by atoms with Crippen molar-refractivity contribution in [2.75, 3.05) is 5.32 Å². The van der Waals surface area contributed by atoms with Crippen LogP contribution >= 0.6 is 22.9 Å². The van der Waals surface area contributed by atoms with Crippen LogP contribution in [0.1, 0.15) is 23.6 Å². The molecule has 3 heterocycles. The number of imidazole rings is 1. The van der Waals surface area contributed by atoms with Crippen LogP contribution in [0, 0.1) is 5.82 Å². The van der Waals surface area contributed by atoms with E-state index in [1.807, 2.05) is 16.8 Å². The summed E-state index contributed by atoms with van der Waals surface area (Å²) in [5.74, 6) is -0.00413. The number of rotatable bonds is 2. The van der Waals surface area contributed by atoms with Crippen LogP contribution < -0.4 is 5.32 Å². The van der Waals surface area contributed by atoms with Crippen molar-refractivity contribution in [3.63, 3.8) is 0 Å². The summed E-state index contributed by atoms with van der Waals surface area (Å²) in [5, 5.41) is 6.90. The average molecular weight is 348 g/mol. The number of hydrogen-bond donors (Lipinski definition) is 1. The molecule has 0 saturated carbocycles. The number of halogens is 2. The van der Waals surface area contributed by atoms with Crippen LogP contribution in [0.4, 0.5) is 10.2 Å². The smallest absolute Gasteiger partial charge is 0.226 e. The van der Waals surface area contributed by atoms with Gasteiger partial charge in [0.15, 0.2) is 0 Å². The van der Waals surface area contributed by atoms with E-state index in [-0.39, 0.29) is 16.8 Å². The Bertz CT molecular complexity index is 891. The van der Waals surface area contributed by atoms with E-state index < -0.39 is 5.82 Å². The van der Waals surface area contributed by atoms with Gasteiger partial charge in [-0.25, -0.2) is 9.37 Å². The fourth-order valence-corrected chi connectivity index (χ4v) is 3.68. The van der Waals surface area contributed by atoms with Crippen molar-refractivity contribution in [2.45, 2.75) is 12.3 Å². The minimum atomic E-state index is -0.482. The molecule has 0 saturated heterocycles. The Hall–Kier alpha value is -2.18. The number of hydrogen-bond acceptors (Lipinski definition) is 3. The Morgan fingerprint density at radius 1 is 1.39 bits per heavy atom. The van der Waals surface area contributed by atoms with E-state index in [4.69, 9.17) is 11.6 Å². The van der Waals surface area contributed by atoms with Crippen molar-refractivity contribution in [3.05, 3.63) is 63.5 Å². The quantitative estimate of drug-likeness (QED) is 0.755. The molecular formula is C16H11ClFN3OS. The summed E-state index contributed by atoms with van der Waals surface area (Å²) in [7, 11) is 0. The SMILES string of the molecule is O=C1C[C@H](c2ccsc2)c2ncn(-c3ccc(F)c(Cl)c3)c2N1. The Labute approximate surface area is 140 Å². The molecule has 1 aliphatic heterocycles. The van der Waals surface area contributed by atoms with E-state index in [0.717, 1.165) is 11.3 Å². The number of nitrogens with zero attached hydrogens (tertiary/aromatic N) is 2. The first-order valence-corrected chi connectivity index (χ1v) is 8.30. The highest BCUT2D eigenvalue weighted by atomic mass is 35.5. The van der Waals surface area contributed by atoms with Crippen molar-refractivity contribution in [2.24, 2.45) is 0 Å². The highest BCUT2D eigenvalue weighted by molar-refractivity contribution is 7.08. The number of anilines is 1. The van der Waals surface area contributed by atoms with Crippen molar-refractivity contribution in [1.29, 1.82) is 0 Å². The molecule has 0 bridgehead atoms. The highest BCUT2D eigenvalue weighted by Gasteiger charge is 2.31. The fraction of sp³-hybridized carbons (Fsp3) is 0.125. The van der Waals surface area contributed by atoms with Gasteiger partial charge < -0.3 is 5.32 Å². The number of carbonyl (C=O) groups is 1. The molecule has 23 heavy (non-hydrogen) atoms. The summed E-state index contributed by atoms with van der Waals surface area (Å²) < 4.78 is 15.1. The van der Waals surface area contributed by atoms with Crippen molar-refractivity contribution >= 4 is 34.7 Å². The first-order chi connectivity index (χ1) is 11.1. The molecule has 0 radical (unpaired) electrons. The molecule has 1 amide bonds. The summed E-state index contributed by atoms with van der Waals surface area (Å²) in [6.07, 6.45) is 1.99. The molecular weight excluding hydrogens is 337 g/mol. The second-order valence-electron chi connectivity index (χ2n) is 5.31. The number of fused-ring (bicyclic) bond motifs is 1. The lowest BCUT2D eigenvalue weighted by atomic mass is 9.92. The summed E-state index contributed by atoms with van der Waals surface area (Å²) in [4.78, 5) is 16.6. The fourth-order valence-electron chi connectivity index (χ4n) is 2.79. The third kappa shape index (κ3) is 2.44. The first-order valence-electron chi connectivity index (χ1n) is 6.98. The molecule has 0 unspecified atom stereocenters. The second kappa shape index (κ2) is 5.47. The number of aromatic nitrogens is 2. The third-order valence-corrected chi connectivity index (χ3v) is 4.89. The zero-order valence-electron chi connectivity index (χ0n) is 11.8. The Kier molecular flexibility index (Phi) is 3.43. The van der Waals surface area contributed by atoms with Gasteiger partial charge >= 0.3 is 0 Å². The van der Waals surface area contributed by atoms with Crippen LogP contribution in [-0.4, -0.2) is 15.5 Å². The van der Waals surface area contributed by atoms with E-state index in [0.29, 0.717) is 17.9 Å². The van der Waals surface area contributed by atoms with Gasteiger partial charge in [0, 0.05) is 12.3 Å². The summed E-state index contributed by atoms with van der Waals surface area (Å²) >= 11 is 7.45. The third-order valence-electron chi connectivity index (χ3n) is 3.90. The van der Waals surface area contributed by atoms with Crippen LogP contribution in [0.2, 0.25) is 5.02 Å². The van der Waals surface area contributed by atoms with E-state index >= 15 is 0 Å². The normalized spacial score (nSPS) is 17.0. The molecule has 1 aromatic carbocycles. The number of nitrogens with one attached hydrogen (secondary N) is 1. The van der Waals surface area contributed by atoms with Crippen LogP contribution in [0.15, 0.2) is 41.4 Å². The lowest BCUT2D eigenvalue weighted by Crippen LogP contribution is -2.24. The number of thiophene rings is 1. The molecule has 0 spiro atoms. The van der Waals surface area contributed by atoms with E-state index in [2.05, 4.69) is 10.3 Å². The van der Waals surface area contributed by atoms with Crippen molar-refractivity contribution in [1.82, 2.24) is 9.55 Å². The lowest BCUT2D eigenvalue weighted by Gasteiger charge is -2.22. The Morgan fingerprint density at radius 3 is 3.00 bits per heavy atom. The predicted molar refractivity (Wildman–Crippen MR) is 87.9 cm³/mol. The molecule has 116 valence electrons. The van der Waals surface area contributed by atoms with E-state index in [1.54, 1.807) is 28.3 Å². The van der Waals surface area contributed by atoms with Crippen LogP contribution in [0.5, 0.6) is 0 Å². The molecule has 7 heteroatoms. The van der Waals surface area contributed by atoms with Crippen LogP contribution in [-0.2, 0) is 4.79 Å². The largest absolute Gasteiger partial charge is 0.310 e. The van der Waals surface area contributed by atoms with Gasteiger partial charge in [0.25, 0.3) is 0 Å². The lowest BCUT2D eigenvalue weighted by molar-refractivity contribution is -0.116. The van der Waals surface area contributed by atoms with Crippen LogP contribution in [0.25, 0.3) is 5.69 Å². The van der Waals surface area contributed by atoms with Gasteiger partial charge in [-0.2, -0.15) is 11.3 Å².